The van der Waals surface area contributed by atoms with Crippen molar-refractivity contribution in [2.24, 2.45) is 7.05 Å². The van der Waals surface area contributed by atoms with Crippen LogP contribution in [0.4, 0.5) is 10.1 Å². The van der Waals surface area contributed by atoms with Gasteiger partial charge in [-0.3, -0.25) is 4.79 Å². The molecule has 1 saturated heterocycles. The number of benzene rings is 1. The van der Waals surface area contributed by atoms with E-state index < -0.39 is 0 Å². The van der Waals surface area contributed by atoms with Crippen molar-refractivity contribution in [1.82, 2.24) is 9.78 Å². The number of hydrogen-bond donors (Lipinski definition) is 1. The fourth-order valence-corrected chi connectivity index (χ4v) is 3.29. The highest BCUT2D eigenvalue weighted by Crippen LogP contribution is 2.25. The third-order valence-electron chi connectivity index (χ3n) is 4.76. The van der Waals surface area contributed by atoms with E-state index in [9.17, 15) is 9.18 Å². The second kappa shape index (κ2) is 8.52. The predicted octanol–water partition coefficient (Wildman–Crippen LogP) is 3.63. The van der Waals surface area contributed by atoms with Gasteiger partial charge in [0.05, 0.1) is 11.8 Å². The highest BCUT2D eigenvalue weighted by molar-refractivity contribution is 6.06. The van der Waals surface area contributed by atoms with E-state index in [1.165, 1.54) is 6.07 Å². The minimum Gasteiger partial charge on any atom is -0.475 e. The Morgan fingerprint density at radius 3 is 2.96 bits per heavy atom. The SMILES string of the molecule is CCc1cc(NC(=O)c2c(C)nn(C)c2OCC2CCCCO2)ccc1F. The number of halogens is 1. The third-order valence-corrected chi connectivity index (χ3v) is 4.76. The Balaban J connectivity index is 1.75. The number of aryl methyl sites for hydroxylation is 3. The second-order valence-electron chi connectivity index (χ2n) is 6.80. The van der Waals surface area contributed by atoms with Gasteiger partial charge in [0.2, 0.25) is 5.88 Å². The molecule has 1 atom stereocenters. The topological polar surface area (TPSA) is 65.4 Å². The first-order chi connectivity index (χ1) is 13.0. The molecule has 146 valence electrons. The summed E-state index contributed by atoms with van der Waals surface area (Å²) in [6.45, 7) is 4.77. The fraction of sp³-hybridized carbons (Fsp3) is 0.500. The first-order valence-electron chi connectivity index (χ1n) is 9.37. The first-order valence-corrected chi connectivity index (χ1v) is 9.37. The van der Waals surface area contributed by atoms with Crippen molar-refractivity contribution < 1.29 is 18.7 Å². The molecule has 6 nitrogen and oxygen atoms in total. The molecule has 0 spiro atoms. The second-order valence-corrected chi connectivity index (χ2v) is 6.80. The van der Waals surface area contributed by atoms with E-state index in [4.69, 9.17) is 9.47 Å². The van der Waals surface area contributed by atoms with Crippen LogP contribution in [0.1, 0.15) is 47.8 Å². The van der Waals surface area contributed by atoms with Gasteiger partial charge in [-0.1, -0.05) is 6.92 Å². The fourth-order valence-electron chi connectivity index (χ4n) is 3.29. The Hall–Kier alpha value is -2.41. The van der Waals surface area contributed by atoms with Gasteiger partial charge in [-0.25, -0.2) is 9.07 Å². The Bertz CT molecular complexity index is 813. The summed E-state index contributed by atoms with van der Waals surface area (Å²) in [6, 6.07) is 4.56. The molecule has 7 heteroatoms. The van der Waals surface area contributed by atoms with Gasteiger partial charge in [-0.05, 0) is 56.4 Å². The van der Waals surface area contributed by atoms with Gasteiger partial charge in [0.25, 0.3) is 5.91 Å². The maximum absolute atomic E-state index is 13.7. The van der Waals surface area contributed by atoms with Crippen molar-refractivity contribution in [3.63, 3.8) is 0 Å². The number of carbonyl (C=O) groups is 1. The molecule has 0 aliphatic carbocycles. The van der Waals surface area contributed by atoms with Crippen molar-refractivity contribution in [1.29, 1.82) is 0 Å². The largest absolute Gasteiger partial charge is 0.475 e. The summed E-state index contributed by atoms with van der Waals surface area (Å²) in [5.41, 5.74) is 2.06. The first kappa shape index (κ1) is 19.4. The number of hydrogen-bond acceptors (Lipinski definition) is 4. The van der Waals surface area contributed by atoms with Gasteiger partial charge in [0, 0.05) is 19.3 Å². The van der Waals surface area contributed by atoms with Crippen LogP contribution < -0.4 is 10.1 Å². The van der Waals surface area contributed by atoms with Crippen molar-refractivity contribution in [3.8, 4) is 5.88 Å². The van der Waals surface area contributed by atoms with Gasteiger partial charge in [0.15, 0.2) is 0 Å². The van der Waals surface area contributed by atoms with Gasteiger partial charge in [0.1, 0.15) is 18.0 Å². The molecule has 1 unspecified atom stereocenters. The molecule has 27 heavy (non-hydrogen) atoms. The van der Waals surface area contributed by atoms with Crippen molar-refractivity contribution in [2.45, 2.75) is 45.6 Å². The molecule has 0 radical (unpaired) electrons. The minimum atomic E-state index is -0.325. The maximum atomic E-state index is 13.7. The molecule has 0 saturated carbocycles. The monoisotopic (exact) mass is 375 g/mol. The molecule has 1 aromatic carbocycles. The molecule has 1 amide bonds. The van der Waals surface area contributed by atoms with Gasteiger partial charge >= 0.3 is 0 Å². The molecule has 1 N–H and O–H groups in total. The Morgan fingerprint density at radius 1 is 1.44 bits per heavy atom. The Labute approximate surface area is 158 Å². The third kappa shape index (κ3) is 4.47. The molecule has 1 aromatic heterocycles. The molecule has 2 aromatic rings. The van der Waals surface area contributed by atoms with Crippen LogP contribution in [0.25, 0.3) is 0 Å². The summed E-state index contributed by atoms with van der Waals surface area (Å²) in [5.74, 6) is -0.185. The van der Waals surface area contributed by atoms with E-state index in [1.54, 1.807) is 30.8 Å². The van der Waals surface area contributed by atoms with Crippen molar-refractivity contribution >= 4 is 11.6 Å². The van der Waals surface area contributed by atoms with Crippen LogP contribution in [0.5, 0.6) is 5.88 Å². The van der Waals surface area contributed by atoms with E-state index >= 15 is 0 Å². The summed E-state index contributed by atoms with van der Waals surface area (Å²) >= 11 is 0. The number of nitrogens with zero attached hydrogens (tertiary/aromatic N) is 2. The molecule has 3 rings (SSSR count). The molecule has 1 fully saturated rings. The van der Waals surface area contributed by atoms with E-state index in [-0.39, 0.29) is 17.8 Å². The Morgan fingerprint density at radius 2 is 2.26 bits per heavy atom. The lowest BCUT2D eigenvalue weighted by Crippen LogP contribution is -2.27. The van der Waals surface area contributed by atoms with E-state index in [0.717, 1.165) is 25.9 Å². The molecular weight excluding hydrogens is 349 g/mol. The van der Waals surface area contributed by atoms with E-state index in [0.29, 0.717) is 41.4 Å². The lowest BCUT2D eigenvalue weighted by atomic mass is 10.1. The lowest BCUT2D eigenvalue weighted by Gasteiger charge is -2.22. The summed E-state index contributed by atoms with van der Waals surface area (Å²) in [6.07, 6.45) is 3.74. The van der Waals surface area contributed by atoms with Crippen molar-refractivity contribution in [3.05, 3.63) is 40.8 Å². The van der Waals surface area contributed by atoms with Crippen LogP contribution in [-0.4, -0.2) is 35.0 Å². The molecule has 1 aliphatic heterocycles. The normalized spacial score (nSPS) is 17.0. The number of aromatic nitrogens is 2. The van der Waals surface area contributed by atoms with Crippen LogP contribution in [0.15, 0.2) is 18.2 Å². The van der Waals surface area contributed by atoms with E-state index in [2.05, 4.69) is 10.4 Å². The predicted molar refractivity (Wildman–Crippen MR) is 101 cm³/mol. The number of ether oxygens (including phenoxy) is 2. The standard InChI is InChI=1S/C20H26FN3O3/c1-4-14-11-15(8-9-17(14)21)22-19(25)18-13(2)23-24(3)20(18)27-12-16-7-5-6-10-26-16/h8-9,11,16H,4-7,10,12H2,1-3H3,(H,22,25). The number of rotatable bonds is 6. The molecule has 2 heterocycles. The maximum Gasteiger partial charge on any atom is 0.263 e. The molecule has 0 bridgehead atoms. The molecular formula is C20H26FN3O3. The number of anilines is 1. The zero-order chi connectivity index (χ0) is 19.4. The molecule has 1 aliphatic rings. The average Bonchev–Trinajstić information content (AvgIpc) is 2.95. The smallest absolute Gasteiger partial charge is 0.263 e. The summed E-state index contributed by atoms with van der Waals surface area (Å²) < 4.78 is 26.8. The number of nitrogens with one attached hydrogen (secondary N) is 1. The van der Waals surface area contributed by atoms with Gasteiger partial charge in [-0.15, -0.1) is 0 Å². The zero-order valence-corrected chi connectivity index (χ0v) is 16.0. The Kier molecular flexibility index (Phi) is 6.11. The average molecular weight is 375 g/mol. The van der Waals surface area contributed by atoms with Crippen LogP contribution >= 0.6 is 0 Å². The van der Waals surface area contributed by atoms with E-state index in [1.807, 2.05) is 6.92 Å². The minimum absolute atomic E-state index is 0.0362. The van der Waals surface area contributed by atoms with Gasteiger partial charge < -0.3 is 14.8 Å². The van der Waals surface area contributed by atoms with Crippen LogP contribution in [0.2, 0.25) is 0 Å². The highest BCUT2D eigenvalue weighted by Gasteiger charge is 2.24. The summed E-state index contributed by atoms with van der Waals surface area (Å²) in [7, 11) is 1.74. The lowest BCUT2D eigenvalue weighted by molar-refractivity contribution is -0.0128. The number of amides is 1. The van der Waals surface area contributed by atoms with Crippen molar-refractivity contribution in [2.75, 3.05) is 18.5 Å². The highest BCUT2D eigenvalue weighted by atomic mass is 19.1. The van der Waals surface area contributed by atoms with Crippen LogP contribution in [0, 0.1) is 12.7 Å². The summed E-state index contributed by atoms with van der Waals surface area (Å²) in [5, 5.41) is 7.14. The quantitative estimate of drug-likeness (QED) is 0.837. The van der Waals surface area contributed by atoms with Gasteiger partial charge in [-0.2, -0.15) is 5.10 Å². The van der Waals surface area contributed by atoms with Crippen LogP contribution in [-0.2, 0) is 18.2 Å². The van der Waals surface area contributed by atoms with Crippen LogP contribution in [0.3, 0.4) is 0 Å². The zero-order valence-electron chi connectivity index (χ0n) is 16.0. The number of carbonyl (C=O) groups excluding carboxylic acids is 1. The summed E-state index contributed by atoms with van der Waals surface area (Å²) in [4.78, 5) is 12.8.